The zero-order valence-corrected chi connectivity index (χ0v) is 7.28. The Labute approximate surface area is 71.1 Å². The van der Waals surface area contributed by atoms with Gasteiger partial charge in [-0.1, -0.05) is 6.92 Å². The van der Waals surface area contributed by atoms with Crippen LogP contribution in [0.15, 0.2) is 18.3 Å². The first-order chi connectivity index (χ1) is 5.79. The molecule has 0 aromatic carbocycles. The summed E-state index contributed by atoms with van der Waals surface area (Å²) in [6.07, 6.45) is 2.90. The van der Waals surface area contributed by atoms with E-state index in [9.17, 15) is 0 Å². The van der Waals surface area contributed by atoms with Crippen LogP contribution in [0, 0.1) is 6.92 Å². The minimum Gasteiger partial charge on any atom is -0.234 e. The Kier molecular flexibility index (Phi) is 1.57. The lowest BCUT2D eigenvalue weighted by molar-refractivity contribution is 0.882. The monoisotopic (exact) mass is 161 g/mol. The molecule has 0 N–H and O–H groups in total. The SMILES string of the molecule is CCc1cc2nc(C)ccn2n1. The van der Waals surface area contributed by atoms with Gasteiger partial charge in [-0.2, -0.15) is 5.10 Å². The molecule has 2 heterocycles. The topological polar surface area (TPSA) is 30.2 Å². The third-order valence-corrected chi connectivity index (χ3v) is 1.88. The number of fused-ring (bicyclic) bond motifs is 1. The van der Waals surface area contributed by atoms with Crippen LogP contribution in [0.3, 0.4) is 0 Å². The maximum atomic E-state index is 4.34. The lowest BCUT2D eigenvalue weighted by Crippen LogP contribution is -1.90. The van der Waals surface area contributed by atoms with Crippen LogP contribution < -0.4 is 0 Å². The Bertz CT molecular complexity index is 403. The van der Waals surface area contributed by atoms with Gasteiger partial charge in [-0.15, -0.1) is 0 Å². The molecule has 0 saturated heterocycles. The second-order valence-corrected chi connectivity index (χ2v) is 2.86. The van der Waals surface area contributed by atoms with Crippen molar-refractivity contribution < 1.29 is 0 Å². The van der Waals surface area contributed by atoms with Crippen LogP contribution in [0.5, 0.6) is 0 Å². The molecule has 0 aliphatic rings. The molecule has 0 amide bonds. The molecule has 12 heavy (non-hydrogen) atoms. The first kappa shape index (κ1) is 7.28. The molecule has 3 nitrogen and oxygen atoms in total. The third kappa shape index (κ3) is 1.07. The molecular formula is C9H11N3. The predicted octanol–water partition coefficient (Wildman–Crippen LogP) is 1.60. The van der Waals surface area contributed by atoms with Crippen LogP contribution in [0.25, 0.3) is 5.65 Å². The first-order valence-electron chi connectivity index (χ1n) is 4.11. The van der Waals surface area contributed by atoms with Gasteiger partial charge in [-0.3, -0.25) is 0 Å². The van der Waals surface area contributed by atoms with E-state index in [1.807, 2.05) is 29.8 Å². The molecule has 0 bridgehead atoms. The average molecular weight is 161 g/mol. The Morgan fingerprint density at radius 1 is 1.50 bits per heavy atom. The Balaban J connectivity index is 2.67. The smallest absolute Gasteiger partial charge is 0.155 e. The summed E-state index contributed by atoms with van der Waals surface area (Å²) in [6, 6.07) is 3.98. The zero-order valence-electron chi connectivity index (χ0n) is 7.28. The Hall–Kier alpha value is -1.38. The van der Waals surface area contributed by atoms with Crippen LogP contribution in [-0.4, -0.2) is 14.6 Å². The number of hydrogen-bond donors (Lipinski definition) is 0. The van der Waals surface area contributed by atoms with Gasteiger partial charge >= 0.3 is 0 Å². The molecular weight excluding hydrogens is 150 g/mol. The van der Waals surface area contributed by atoms with Crippen molar-refractivity contribution in [3.63, 3.8) is 0 Å². The molecule has 0 radical (unpaired) electrons. The lowest BCUT2D eigenvalue weighted by Gasteiger charge is -1.91. The normalized spacial score (nSPS) is 10.8. The molecule has 0 aliphatic carbocycles. The summed E-state index contributed by atoms with van der Waals surface area (Å²) in [5.74, 6) is 0. The number of aromatic nitrogens is 3. The second-order valence-electron chi connectivity index (χ2n) is 2.86. The standard InChI is InChI=1S/C9H11N3/c1-3-8-6-9-10-7(2)4-5-12(9)11-8/h4-6H,3H2,1-2H3. The van der Waals surface area contributed by atoms with E-state index in [2.05, 4.69) is 17.0 Å². The van der Waals surface area contributed by atoms with E-state index in [-0.39, 0.29) is 0 Å². The second kappa shape index (κ2) is 2.59. The molecule has 2 aromatic rings. The van der Waals surface area contributed by atoms with Crippen LogP contribution >= 0.6 is 0 Å². The highest BCUT2D eigenvalue weighted by Crippen LogP contribution is 2.04. The first-order valence-corrected chi connectivity index (χ1v) is 4.11. The van der Waals surface area contributed by atoms with Crippen LogP contribution in [0.2, 0.25) is 0 Å². The Morgan fingerprint density at radius 3 is 3.08 bits per heavy atom. The van der Waals surface area contributed by atoms with Crippen molar-refractivity contribution in [2.24, 2.45) is 0 Å². The fourth-order valence-electron chi connectivity index (χ4n) is 1.20. The summed E-state index contributed by atoms with van der Waals surface area (Å²) in [7, 11) is 0. The maximum Gasteiger partial charge on any atom is 0.155 e. The maximum absolute atomic E-state index is 4.34. The molecule has 0 aliphatic heterocycles. The summed E-state index contributed by atoms with van der Waals surface area (Å²) in [5.41, 5.74) is 3.06. The van der Waals surface area contributed by atoms with E-state index < -0.39 is 0 Å². The molecule has 0 atom stereocenters. The van der Waals surface area contributed by atoms with Crippen molar-refractivity contribution >= 4 is 5.65 Å². The summed E-state index contributed by atoms with van der Waals surface area (Å²) < 4.78 is 1.81. The highest BCUT2D eigenvalue weighted by Gasteiger charge is 1.99. The largest absolute Gasteiger partial charge is 0.234 e. The number of rotatable bonds is 1. The van der Waals surface area contributed by atoms with Crippen molar-refractivity contribution in [1.29, 1.82) is 0 Å². The fraction of sp³-hybridized carbons (Fsp3) is 0.333. The van der Waals surface area contributed by atoms with Gasteiger partial charge in [-0.05, 0) is 19.4 Å². The molecule has 0 unspecified atom stereocenters. The Morgan fingerprint density at radius 2 is 2.33 bits per heavy atom. The third-order valence-electron chi connectivity index (χ3n) is 1.88. The molecule has 0 spiro atoms. The predicted molar refractivity (Wildman–Crippen MR) is 47.1 cm³/mol. The van der Waals surface area contributed by atoms with Gasteiger partial charge in [0.15, 0.2) is 5.65 Å². The highest BCUT2D eigenvalue weighted by molar-refractivity contribution is 5.39. The van der Waals surface area contributed by atoms with Gasteiger partial charge < -0.3 is 0 Å². The van der Waals surface area contributed by atoms with Crippen molar-refractivity contribution in [1.82, 2.24) is 14.6 Å². The van der Waals surface area contributed by atoms with Crippen molar-refractivity contribution in [2.45, 2.75) is 20.3 Å². The molecule has 0 saturated carbocycles. The number of hydrogen-bond acceptors (Lipinski definition) is 2. The van der Waals surface area contributed by atoms with Gasteiger partial charge in [0.2, 0.25) is 0 Å². The minimum atomic E-state index is 0.937. The molecule has 62 valence electrons. The quantitative estimate of drug-likeness (QED) is 0.636. The van der Waals surface area contributed by atoms with E-state index >= 15 is 0 Å². The molecule has 3 heteroatoms. The van der Waals surface area contributed by atoms with Gasteiger partial charge in [0, 0.05) is 18.0 Å². The highest BCUT2D eigenvalue weighted by atomic mass is 15.2. The molecule has 2 aromatic heterocycles. The van der Waals surface area contributed by atoms with E-state index in [4.69, 9.17) is 0 Å². The minimum absolute atomic E-state index is 0.937. The lowest BCUT2D eigenvalue weighted by atomic mass is 10.3. The van der Waals surface area contributed by atoms with Crippen molar-refractivity contribution in [2.75, 3.05) is 0 Å². The summed E-state index contributed by atoms with van der Waals surface area (Å²) in [4.78, 5) is 4.34. The van der Waals surface area contributed by atoms with Crippen molar-refractivity contribution in [3.8, 4) is 0 Å². The zero-order chi connectivity index (χ0) is 8.55. The summed E-state index contributed by atoms with van der Waals surface area (Å²) >= 11 is 0. The van der Waals surface area contributed by atoms with E-state index in [0.717, 1.165) is 23.5 Å². The van der Waals surface area contributed by atoms with E-state index in [1.54, 1.807) is 0 Å². The number of aryl methyl sites for hydroxylation is 2. The van der Waals surface area contributed by atoms with Gasteiger partial charge in [0.1, 0.15) is 0 Å². The van der Waals surface area contributed by atoms with E-state index in [1.165, 1.54) is 0 Å². The summed E-state index contributed by atoms with van der Waals surface area (Å²) in [6.45, 7) is 4.08. The van der Waals surface area contributed by atoms with Crippen LogP contribution in [0.4, 0.5) is 0 Å². The average Bonchev–Trinajstić information content (AvgIpc) is 2.46. The van der Waals surface area contributed by atoms with Crippen LogP contribution in [-0.2, 0) is 6.42 Å². The number of nitrogens with zero attached hydrogens (tertiary/aromatic N) is 3. The van der Waals surface area contributed by atoms with Gasteiger partial charge in [0.05, 0.1) is 5.69 Å². The summed E-state index contributed by atoms with van der Waals surface area (Å²) in [5, 5.41) is 4.33. The molecule has 0 fully saturated rings. The van der Waals surface area contributed by atoms with Gasteiger partial charge in [0.25, 0.3) is 0 Å². The van der Waals surface area contributed by atoms with Crippen LogP contribution in [0.1, 0.15) is 18.3 Å². The van der Waals surface area contributed by atoms with E-state index in [0.29, 0.717) is 0 Å². The molecule has 2 rings (SSSR count). The fourth-order valence-corrected chi connectivity index (χ4v) is 1.20. The van der Waals surface area contributed by atoms with Crippen molar-refractivity contribution in [3.05, 3.63) is 29.7 Å². The van der Waals surface area contributed by atoms with Gasteiger partial charge in [-0.25, -0.2) is 9.50 Å².